The van der Waals surface area contributed by atoms with Crippen molar-refractivity contribution in [2.75, 3.05) is 0 Å². The lowest BCUT2D eigenvalue weighted by Crippen LogP contribution is -2.55. The van der Waals surface area contributed by atoms with Crippen LogP contribution in [0.25, 0.3) is 0 Å². The fourth-order valence-corrected chi connectivity index (χ4v) is 3.61. The maximum absolute atomic E-state index is 14.1. The number of aliphatic hydroxyl groups excluding tert-OH is 1. The standard InChI is InChI=1S/C17H21F2NO2/c18-11-6-7-12(13(19)10-11)17(8-3-9-17)16(22)20-14-4-1-2-5-15(14)21/h6-7,10,14-15,21H,1-5,8-9H2,(H,20,22). The number of hydrogen-bond donors (Lipinski definition) is 2. The van der Waals surface area contributed by atoms with Crippen molar-refractivity contribution in [1.29, 1.82) is 0 Å². The average molecular weight is 309 g/mol. The second kappa shape index (κ2) is 5.95. The van der Waals surface area contributed by atoms with E-state index >= 15 is 0 Å². The average Bonchev–Trinajstić information content (AvgIpc) is 2.42. The summed E-state index contributed by atoms with van der Waals surface area (Å²) in [5.74, 6) is -1.55. The predicted octanol–water partition coefficient (Wildman–Crippen LogP) is 2.81. The summed E-state index contributed by atoms with van der Waals surface area (Å²) in [5, 5.41) is 12.9. The van der Waals surface area contributed by atoms with Crippen molar-refractivity contribution < 1.29 is 18.7 Å². The molecule has 0 bridgehead atoms. The van der Waals surface area contributed by atoms with Crippen LogP contribution < -0.4 is 5.32 Å². The molecule has 5 heteroatoms. The van der Waals surface area contributed by atoms with E-state index in [4.69, 9.17) is 0 Å². The molecule has 1 aromatic carbocycles. The molecule has 120 valence electrons. The van der Waals surface area contributed by atoms with Crippen LogP contribution in [0.1, 0.15) is 50.5 Å². The highest BCUT2D eigenvalue weighted by molar-refractivity contribution is 5.89. The van der Waals surface area contributed by atoms with Gasteiger partial charge in [-0.15, -0.1) is 0 Å². The highest BCUT2D eigenvalue weighted by Gasteiger charge is 2.48. The Labute approximate surface area is 128 Å². The molecule has 0 aromatic heterocycles. The Morgan fingerprint density at radius 3 is 2.50 bits per heavy atom. The van der Waals surface area contributed by atoms with Gasteiger partial charge in [-0.3, -0.25) is 4.79 Å². The largest absolute Gasteiger partial charge is 0.391 e. The molecular weight excluding hydrogens is 288 g/mol. The minimum absolute atomic E-state index is 0.241. The Morgan fingerprint density at radius 1 is 1.18 bits per heavy atom. The van der Waals surface area contributed by atoms with Gasteiger partial charge in [-0.25, -0.2) is 8.78 Å². The van der Waals surface area contributed by atoms with Gasteiger partial charge in [0.1, 0.15) is 11.6 Å². The first-order valence-electron chi connectivity index (χ1n) is 7.97. The third-order valence-corrected chi connectivity index (χ3v) is 5.13. The van der Waals surface area contributed by atoms with Crippen LogP contribution in [0.2, 0.25) is 0 Å². The molecule has 3 nitrogen and oxygen atoms in total. The molecule has 2 aliphatic rings. The lowest BCUT2D eigenvalue weighted by atomic mass is 9.63. The first-order chi connectivity index (χ1) is 10.5. The van der Waals surface area contributed by atoms with Gasteiger partial charge in [0.25, 0.3) is 0 Å². The molecule has 2 fully saturated rings. The third kappa shape index (κ3) is 2.62. The zero-order valence-corrected chi connectivity index (χ0v) is 12.4. The van der Waals surface area contributed by atoms with E-state index in [1.165, 1.54) is 12.1 Å². The van der Waals surface area contributed by atoms with Gasteiger partial charge in [0, 0.05) is 11.6 Å². The Morgan fingerprint density at radius 2 is 1.91 bits per heavy atom. The lowest BCUT2D eigenvalue weighted by molar-refractivity contribution is -0.132. The minimum atomic E-state index is -0.908. The first kappa shape index (κ1) is 15.4. The number of aliphatic hydroxyl groups is 1. The molecule has 1 amide bonds. The molecule has 0 heterocycles. The third-order valence-electron chi connectivity index (χ3n) is 5.13. The van der Waals surface area contributed by atoms with Crippen LogP contribution >= 0.6 is 0 Å². The van der Waals surface area contributed by atoms with Crippen molar-refractivity contribution in [2.24, 2.45) is 0 Å². The van der Waals surface area contributed by atoms with Gasteiger partial charge in [0.2, 0.25) is 5.91 Å². The summed E-state index contributed by atoms with van der Waals surface area (Å²) in [6, 6.07) is 3.14. The molecule has 0 saturated heterocycles. The summed E-state index contributed by atoms with van der Waals surface area (Å²) in [4.78, 5) is 12.7. The Hall–Kier alpha value is -1.49. The summed E-state index contributed by atoms with van der Waals surface area (Å²) >= 11 is 0. The van der Waals surface area contributed by atoms with E-state index in [0.717, 1.165) is 31.7 Å². The summed E-state index contributed by atoms with van der Waals surface area (Å²) in [6.07, 6.45) is 4.79. The summed E-state index contributed by atoms with van der Waals surface area (Å²) in [7, 11) is 0. The van der Waals surface area contributed by atoms with Crippen molar-refractivity contribution in [3.63, 3.8) is 0 Å². The molecule has 2 N–H and O–H groups in total. The zero-order valence-electron chi connectivity index (χ0n) is 12.4. The van der Waals surface area contributed by atoms with E-state index in [-0.39, 0.29) is 17.5 Å². The Bertz CT molecular complexity index is 572. The molecule has 22 heavy (non-hydrogen) atoms. The number of halogens is 2. The molecular formula is C17H21F2NO2. The van der Waals surface area contributed by atoms with Crippen LogP contribution in [-0.2, 0) is 10.2 Å². The molecule has 2 aliphatic carbocycles. The maximum Gasteiger partial charge on any atom is 0.231 e. The van der Waals surface area contributed by atoms with Crippen molar-refractivity contribution in [2.45, 2.75) is 62.5 Å². The number of hydrogen-bond acceptors (Lipinski definition) is 2. The number of carbonyl (C=O) groups is 1. The summed E-state index contributed by atoms with van der Waals surface area (Å²) in [6.45, 7) is 0. The van der Waals surface area contributed by atoms with Gasteiger partial charge in [0.05, 0.1) is 17.6 Å². The van der Waals surface area contributed by atoms with E-state index in [0.29, 0.717) is 19.3 Å². The fourth-order valence-electron chi connectivity index (χ4n) is 3.61. The Balaban J connectivity index is 1.81. The molecule has 2 unspecified atom stereocenters. The van der Waals surface area contributed by atoms with E-state index in [1.54, 1.807) is 0 Å². The van der Waals surface area contributed by atoms with Crippen LogP contribution in [0.5, 0.6) is 0 Å². The molecule has 2 saturated carbocycles. The second-order valence-corrected chi connectivity index (χ2v) is 6.49. The van der Waals surface area contributed by atoms with Crippen molar-refractivity contribution in [3.8, 4) is 0 Å². The Kier molecular flexibility index (Phi) is 4.17. The van der Waals surface area contributed by atoms with Crippen molar-refractivity contribution in [3.05, 3.63) is 35.4 Å². The zero-order chi connectivity index (χ0) is 15.7. The van der Waals surface area contributed by atoms with Gasteiger partial charge in [-0.1, -0.05) is 25.3 Å². The van der Waals surface area contributed by atoms with Gasteiger partial charge < -0.3 is 10.4 Å². The smallest absolute Gasteiger partial charge is 0.231 e. The number of amides is 1. The second-order valence-electron chi connectivity index (χ2n) is 6.49. The SMILES string of the molecule is O=C(NC1CCCCC1O)C1(c2ccc(F)cc2F)CCC1. The normalized spacial score (nSPS) is 27.0. The monoisotopic (exact) mass is 309 g/mol. The highest BCUT2D eigenvalue weighted by Crippen LogP contribution is 2.45. The maximum atomic E-state index is 14.1. The van der Waals surface area contributed by atoms with Crippen molar-refractivity contribution >= 4 is 5.91 Å². The number of carbonyl (C=O) groups excluding carboxylic acids is 1. The molecule has 1 aromatic rings. The van der Waals surface area contributed by atoms with Crippen LogP contribution in [0.15, 0.2) is 18.2 Å². The molecule has 0 aliphatic heterocycles. The molecule has 3 rings (SSSR count). The first-order valence-corrected chi connectivity index (χ1v) is 7.97. The predicted molar refractivity (Wildman–Crippen MR) is 78.3 cm³/mol. The van der Waals surface area contributed by atoms with E-state index in [1.807, 2.05) is 0 Å². The van der Waals surface area contributed by atoms with Crippen LogP contribution in [-0.4, -0.2) is 23.2 Å². The van der Waals surface area contributed by atoms with Crippen molar-refractivity contribution in [1.82, 2.24) is 5.32 Å². The fraction of sp³-hybridized carbons (Fsp3) is 0.588. The lowest BCUT2D eigenvalue weighted by Gasteiger charge is -2.42. The van der Waals surface area contributed by atoms with Crippen LogP contribution in [0.4, 0.5) is 8.78 Å². The van der Waals surface area contributed by atoms with E-state index in [9.17, 15) is 18.7 Å². The van der Waals surface area contributed by atoms with Gasteiger partial charge in [-0.2, -0.15) is 0 Å². The summed E-state index contributed by atoms with van der Waals surface area (Å²) in [5.41, 5.74) is -0.641. The van der Waals surface area contributed by atoms with Crippen LogP contribution in [0.3, 0.4) is 0 Å². The quantitative estimate of drug-likeness (QED) is 0.902. The minimum Gasteiger partial charge on any atom is -0.391 e. The number of benzene rings is 1. The van der Waals surface area contributed by atoms with Gasteiger partial charge >= 0.3 is 0 Å². The topological polar surface area (TPSA) is 49.3 Å². The van der Waals surface area contributed by atoms with Gasteiger partial charge in [-0.05, 0) is 31.7 Å². The van der Waals surface area contributed by atoms with Gasteiger partial charge in [0.15, 0.2) is 0 Å². The molecule has 0 radical (unpaired) electrons. The van der Waals surface area contributed by atoms with E-state index < -0.39 is 23.2 Å². The molecule has 2 atom stereocenters. The highest BCUT2D eigenvalue weighted by atomic mass is 19.1. The van der Waals surface area contributed by atoms with E-state index in [2.05, 4.69) is 5.32 Å². The molecule has 0 spiro atoms. The van der Waals surface area contributed by atoms with Crippen LogP contribution in [0, 0.1) is 11.6 Å². The summed E-state index contributed by atoms with van der Waals surface area (Å²) < 4.78 is 27.2. The number of nitrogens with one attached hydrogen (secondary N) is 1. The number of rotatable bonds is 3.